The van der Waals surface area contributed by atoms with Crippen LogP contribution in [0.3, 0.4) is 0 Å². The molecule has 0 unspecified atom stereocenters. The van der Waals surface area contributed by atoms with Gasteiger partial charge in [-0.3, -0.25) is 14.5 Å². The van der Waals surface area contributed by atoms with Crippen molar-refractivity contribution in [3.63, 3.8) is 0 Å². The summed E-state index contributed by atoms with van der Waals surface area (Å²) < 4.78 is 13.9. The van der Waals surface area contributed by atoms with E-state index in [0.717, 1.165) is 0 Å². The maximum absolute atomic E-state index is 13.9. The first-order chi connectivity index (χ1) is 10.4. The van der Waals surface area contributed by atoms with Gasteiger partial charge in [-0.25, -0.2) is 4.39 Å². The Morgan fingerprint density at radius 2 is 1.86 bits per heavy atom. The number of amides is 2. The van der Waals surface area contributed by atoms with Crippen LogP contribution in [0.25, 0.3) is 0 Å². The molecule has 0 aromatic heterocycles. The number of carbonyl (C=O) groups is 2. The molecule has 0 bridgehead atoms. The number of alkyl halides is 1. The maximum atomic E-state index is 13.9. The van der Waals surface area contributed by atoms with Crippen molar-refractivity contribution in [1.82, 2.24) is 14.7 Å². The molecular weight excluding hydrogens is 287 g/mol. The number of likely N-dealkylation sites (N-methyl/N-ethyl adjacent to an activating group) is 1. The largest absolute Gasteiger partial charge is 0.340 e. The molecule has 3 rings (SSSR count). The molecule has 22 heavy (non-hydrogen) atoms. The van der Waals surface area contributed by atoms with Gasteiger partial charge in [0.05, 0.1) is 6.07 Å². The number of piperidine rings is 1. The average molecular weight is 308 g/mol. The molecule has 3 aliphatic rings. The van der Waals surface area contributed by atoms with Gasteiger partial charge in [-0.05, 0) is 32.7 Å². The van der Waals surface area contributed by atoms with Gasteiger partial charge < -0.3 is 9.80 Å². The molecule has 0 aromatic rings. The lowest BCUT2D eigenvalue weighted by atomic mass is 9.82. The quantitative estimate of drug-likeness (QED) is 0.681. The molecule has 7 heteroatoms. The van der Waals surface area contributed by atoms with Crippen LogP contribution in [0.2, 0.25) is 0 Å². The second-order valence-electron chi connectivity index (χ2n) is 6.60. The fraction of sp³-hybridized carbons (Fsp3) is 0.800. The lowest BCUT2D eigenvalue weighted by molar-refractivity contribution is -0.157. The van der Waals surface area contributed by atoms with Crippen LogP contribution < -0.4 is 0 Å². The zero-order chi connectivity index (χ0) is 16.0. The molecule has 1 spiro atoms. The zero-order valence-electron chi connectivity index (χ0n) is 12.8. The van der Waals surface area contributed by atoms with Crippen LogP contribution in [0.15, 0.2) is 0 Å². The third-order valence-corrected chi connectivity index (χ3v) is 5.33. The molecule has 3 fully saturated rings. The molecule has 0 aromatic carbocycles. The highest BCUT2D eigenvalue weighted by molar-refractivity contribution is 5.90. The Bertz CT molecular complexity index is 532. The van der Waals surface area contributed by atoms with Crippen LogP contribution in [0, 0.1) is 11.3 Å². The monoisotopic (exact) mass is 308 g/mol. The number of piperazine rings is 1. The van der Waals surface area contributed by atoms with E-state index in [1.807, 2.05) is 18.0 Å². The van der Waals surface area contributed by atoms with Gasteiger partial charge in [-0.2, -0.15) is 5.26 Å². The summed E-state index contributed by atoms with van der Waals surface area (Å²) in [4.78, 5) is 30.0. The topological polar surface area (TPSA) is 67.7 Å². The van der Waals surface area contributed by atoms with Gasteiger partial charge in [0.2, 0.25) is 5.91 Å². The Hall–Kier alpha value is -1.68. The minimum atomic E-state index is -1.64. The van der Waals surface area contributed by atoms with Crippen molar-refractivity contribution >= 4 is 11.8 Å². The zero-order valence-corrected chi connectivity index (χ0v) is 12.8. The van der Waals surface area contributed by atoms with Crippen molar-refractivity contribution < 1.29 is 14.0 Å². The average Bonchev–Trinajstić information content (AvgIpc) is 3.27. The number of likely N-dealkylation sites (tertiary alicyclic amines) is 1. The van der Waals surface area contributed by atoms with Gasteiger partial charge in [0.1, 0.15) is 12.1 Å². The van der Waals surface area contributed by atoms with Crippen molar-refractivity contribution in [3.8, 4) is 6.07 Å². The summed E-state index contributed by atoms with van der Waals surface area (Å²) >= 11 is 0. The predicted molar refractivity (Wildman–Crippen MR) is 76.4 cm³/mol. The highest BCUT2D eigenvalue weighted by Gasteiger charge is 2.55. The van der Waals surface area contributed by atoms with Crippen LogP contribution >= 0.6 is 0 Å². The summed E-state index contributed by atoms with van der Waals surface area (Å²) in [5, 5.41) is 8.85. The first-order valence-corrected chi connectivity index (χ1v) is 7.79. The Labute approximate surface area is 129 Å². The van der Waals surface area contributed by atoms with E-state index < -0.39 is 17.1 Å². The number of nitrogens with zero attached hydrogens (tertiary/aromatic N) is 4. The van der Waals surface area contributed by atoms with Crippen molar-refractivity contribution in [2.45, 2.75) is 36.9 Å². The van der Waals surface area contributed by atoms with E-state index in [1.165, 1.54) is 0 Å². The molecule has 120 valence electrons. The fourth-order valence-corrected chi connectivity index (χ4v) is 3.56. The Kier molecular flexibility index (Phi) is 3.60. The summed E-state index contributed by atoms with van der Waals surface area (Å²) in [7, 11) is 1.91. The highest BCUT2D eigenvalue weighted by atomic mass is 19.1. The van der Waals surface area contributed by atoms with E-state index in [-0.39, 0.29) is 12.5 Å². The summed E-state index contributed by atoms with van der Waals surface area (Å²) in [5.74, 6) is -0.446. The van der Waals surface area contributed by atoms with Gasteiger partial charge in [0.15, 0.2) is 5.67 Å². The number of rotatable bonds is 2. The van der Waals surface area contributed by atoms with E-state index >= 15 is 0 Å². The lowest BCUT2D eigenvalue weighted by Crippen LogP contribution is -2.68. The molecule has 6 nitrogen and oxygen atoms in total. The lowest BCUT2D eigenvalue weighted by Gasteiger charge is -2.51. The number of carbonyl (C=O) groups excluding carboxylic acids is 2. The third-order valence-electron chi connectivity index (χ3n) is 5.33. The van der Waals surface area contributed by atoms with Gasteiger partial charge in [-0.1, -0.05) is 0 Å². The fourth-order valence-electron chi connectivity index (χ4n) is 3.56. The van der Waals surface area contributed by atoms with Crippen molar-refractivity contribution in [1.29, 1.82) is 5.26 Å². The number of nitriles is 1. The first-order valence-electron chi connectivity index (χ1n) is 7.79. The van der Waals surface area contributed by atoms with Crippen LogP contribution in [-0.2, 0) is 9.59 Å². The third kappa shape index (κ3) is 2.26. The second kappa shape index (κ2) is 5.20. The molecular formula is C15H21FN4O2. The molecule has 0 radical (unpaired) electrons. The molecule has 2 heterocycles. The van der Waals surface area contributed by atoms with E-state index in [0.29, 0.717) is 51.9 Å². The predicted octanol–water partition coefficient (Wildman–Crippen LogP) is 0.147. The second-order valence-corrected chi connectivity index (χ2v) is 6.60. The van der Waals surface area contributed by atoms with Gasteiger partial charge >= 0.3 is 0 Å². The minimum absolute atomic E-state index is 0.0312. The Balaban J connectivity index is 1.71. The molecule has 2 saturated heterocycles. The summed E-state index contributed by atoms with van der Waals surface area (Å²) in [6.07, 6.45) is 1.66. The SMILES string of the molecule is CN1CCN(CC#N)C(=O)C12CCN(C(=O)C1(F)CC1)CC2. The van der Waals surface area contributed by atoms with Crippen LogP contribution in [0.4, 0.5) is 4.39 Å². The van der Waals surface area contributed by atoms with Gasteiger partial charge in [-0.15, -0.1) is 0 Å². The minimum Gasteiger partial charge on any atom is -0.340 e. The van der Waals surface area contributed by atoms with Crippen molar-refractivity contribution in [3.05, 3.63) is 0 Å². The van der Waals surface area contributed by atoms with E-state index in [2.05, 4.69) is 0 Å². The van der Waals surface area contributed by atoms with E-state index in [1.54, 1.807) is 9.80 Å². The smallest absolute Gasteiger partial charge is 0.260 e. The standard InChI is InChI=1S/C15H21FN4O2/c1-18-10-11-20(9-6-17)13(22)15(18)4-7-19(8-5-15)12(21)14(16)2-3-14/h2-5,7-11H2,1H3. The molecule has 2 amide bonds. The van der Waals surface area contributed by atoms with Crippen molar-refractivity contribution in [2.24, 2.45) is 0 Å². The van der Waals surface area contributed by atoms with Crippen LogP contribution in [-0.4, -0.2) is 77.5 Å². The molecule has 0 N–H and O–H groups in total. The molecule has 1 saturated carbocycles. The molecule has 0 atom stereocenters. The normalized spacial score (nSPS) is 26.9. The van der Waals surface area contributed by atoms with Crippen LogP contribution in [0.5, 0.6) is 0 Å². The highest BCUT2D eigenvalue weighted by Crippen LogP contribution is 2.43. The van der Waals surface area contributed by atoms with E-state index in [9.17, 15) is 14.0 Å². The number of hydrogen-bond acceptors (Lipinski definition) is 4. The van der Waals surface area contributed by atoms with Gasteiger partial charge in [0, 0.05) is 26.2 Å². The number of halogens is 1. The van der Waals surface area contributed by atoms with E-state index in [4.69, 9.17) is 5.26 Å². The summed E-state index contributed by atoms with van der Waals surface area (Å²) in [6, 6.07) is 2.03. The summed E-state index contributed by atoms with van der Waals surface area (Å²) in [6.45, 7) is 2.18. The summed E-state index contributed by atoms with van der Waals surface area (Å²) in [5.41, 5.74) is -2.28. The molecule has 1 aliphatic carbocycles. The molecule has 2 aliphatic heterocycles. The van der Waals surface area contributed by atoms with Crippen molar-refractivity contribution in [2.75, 3.05) is 39.8 Å². The Morgan fingerprint density at radius 3 is 2.41 bits per heavy atom. The number of hydrogen-bond donors (Lipinski definition) is 0. The van der Waals surface area contributed by atoms with Gasteiger partial charge in [0.25, 0.3) is 5.91 Å². The first kappa shape index (κ1) is 15.2. The van der Waals surface area contributed by atoms with Crippen LogP contribution in [0.1, 0.15) is 25.7 Å². The Morgan fingerprint density at radius 1 is 1.23 bits per heavy atom. The maximum Gasteiger partial charge on any atom is 0.260 e.